The molecule has 0 radical (unpaired) electrons. The Morgan fingerprint density at radius 2 is 2.04 bits per heavy atom. The number of nitrogens with one attached hydrogen (secondary N) is 3. The number of hydrogen-bond donors (Lipinski definition) is 3. The molecule has 1 atom stereocenters. The standard InChI is InChI=1S/C18H24N4O4/c1-3-16(23)21-14-6-4-13(5-7-14)10-17(24)22-8-9-26-15(12-22)11-20-18(25)19-2/h3-7,15H,1,8-12H2,2H3,(H,21,23)(H2,19,20,25). The molecule has 8 heteroatoms. The van der Waals surface area contributed by atoms with Crippen molar-refractivity contribution in [3.8, 4) is 0 Å². The van der Waals surface area contributed by atoms with Crippen LogP contribution in [0.5, 0.6) is 0 Å². The maximum Gasteiger partial charge on any atom is 0.314 e. The summed E-state index contributed by atoms with van der Waals surface area (Å²) >= 11 is 0. The third-order valence-electron chi connectivity index (χ3n) is 3.97. The Morgan fingerprint density at radius 3 is 2.69 bits per heavy atom. The molecular weight excluding hydrogens is 336 g/mol. The molecule has 3 N–H and O–H groups in total. The minimum absolute atomic E-state index is 0.00104. The molecule has 8 nitrogen and oxygen atoms in total. The zero-order valence-electron chi connectivity index (χ0n) is 14.8. The zero-order chi connectivity index (χ0) is 18.9. The van der Waals surface area contributed by atoms with Crippen LogP contribution in [0.4, 0.5) is 10.5 Å². The molecule has 140 valence electrons. The summed E-state index contributed by atoms with van der Waals surface area (Å²) in [7, 11) is 1.54. The molecule has 26 heavy (non-hydrogen) atoms. The highest BCUT2D eigenvalue weighted by Crippen LogP contribution is 2.12. The Hall–Kier alpha value is -2.87. The minimum Gasteiger partial charge on any atom is -0.373 e. The van der Waals surface area contributed by atoms with E-state index in [0.29, 0.717) is 31.9 Å². The molecule has 1 fully saturated rings. The van der Waals surface area contributed by atoms with Crippen molar-refractivity contribution >= 4 is 23.5 Å². The Bertz CT molecular complexity index is 660. The number of carbonyl (C=O) groups is 3. The van der Waals surface area contributed by atoms with Gasteiger partial charge < -0.3 is 25.6 Å². The topological polar surface area (TPSA) is 99.8 Å². The zero-order valence-corrected chi connectivity index (χ0v) is 14.8. The fourth-order valence-electron chi connectivity index (χ4n) is 2.55. The molecule has 1 aliphatic rings. The van der Waals surface area contributed by atoms with E-state index in [4.69, 9.17) is 4.74 Å². The first-order chi connectivity index (χ1) is 12.5. The van der Waals surface area contributed by atoms with Gasteiger partial charge in [-0.3, -0.25) is 9.59 Å². The van der Waals surface area contributed by atoms with Crippen LogP contribution >= 0.6 is 0 Å². The van der Waals surface area contributed by atoms with Crippen LogP contribution in [0.15, 0.2) is 36.9 Å². The van der Waals surface area contributed by atoms with Gasteiger partial charge >= 0.3 is 6.03 Å². The lowest BCUT2D eigenvalue weighted by Crippen LogP contribution is -2.50. The SMILES string of the molecule is C=CC(=O)Nc1ccc(CC(=O)N2CCOC(CNC(=O)NC)C2)cc1. The number of hydrogen-bond acceptors (Lipinski definition) is 4. The van der Waals surface area contributed by atoms with Crippen molar-refractivity contribution in [3.05, 3.63) is 42.5 Å². The average molecular weight is 360 g/mol. The second kappa shape index (κ2) is 9.57. The largest absolute Gasteiger partial charge is 0.373 e. The van der Waals surface area contributed by atoms with Gasteiger partial charge in [0.2, 0.25) is 11.8 Å². The van der Waals surface area contributed by atoms with E-state index in [9.17, 15) is 14.4 Å². The van der Waals surface area contributed by atoms with Crippen molar-refractivity contribution in [2.75, 3.05) is 38.6 Å². The second-order valence-electron chi connectivity index (χ2n) is 5.86. The highest BCUT2D eigenvalue weighted by atomic mass is 16.5. The number of carbonyl (C=O) groups excluding carboxylic acids is 3. The predicted molar refractivity (Wildman–Crippen MR) is 97.8 cm³/mol. The molecule has 0 bridgehead atoms. The van der Waals surface area contributed by atoms with Crippen molar-refractivity contribution in [2.24, 2.45) is 0 Å². The normalized spacial score (nSPS) is 16.5. The lowest BCUT2D eigenvalue weighted by atomic mass is 10.1. The van der Waals surface area contributed by atoms with Gasteiger partial charge in [-0.05, 0) is 23.8 Å². The molecule has 1 saturated heterocycles. The molecular formula is C18H24N4O4. The molecule has 1 unspecified atom stereocenters. The number of rotatable bonds is 6. The van der Waals surface area contributed by atoms with Crippen LogP contribution in [-0.2, 0) is 20.7 Å². The summed E-state index contributed by atoms with van der Waals surface area (Å²) in [5, 5.41) is 7.82. The summed E-state index contributed by atoms with van der Waals surface area (Å²) in [5.41, 5.74) is 1.51. The van der Waals surface area contributed by atoms with Gasteiger partial charge in [-0.15, -0.1) is 0 Å². The highest BCUT2D eigenvalue weighted by molar-refractivity contribution is 5.98. The van der Waals surface area contributed by atoms with Crippen LogP contribution in [0, 0.1) is 0 Å². The maximum atomic E-state index is 12.5. The van der Waals surface area contributed by atoms with Gasteiger partial charge in [0.15, 0.2) is 0 Å². The van der Waals surface area contributed by atoms with Gasteiger partial charge in [0, 0.05) is 32.4 Å². The van der Waals surface area contributed by atoms with E-state index in [1.807, 2.05) is 12.1 Å². The van der Waals surface area contributed by atoms with Gasteiger partial charge in [0.1, 0.15) is 0 Å². The lowest BCUT2D eigenvalue weighted by Gasteiger charge is -2.33. The number of amides is 4. The van der Waals surface area contributed by atoms with Crippen molar-refractivity contribution < 1.29 is 19.1 Å². The summed E-state index contributed by atoms with van der Waals surface area (Å²) in [6, 6.07) is 6.84. The van der Waals surface area contributed by atoms with Gasteiger partial charge in [-0.1, -0.05) is 18.7 Å². The molecule has 4 amide bonds. The third-order valence-corrected chi connectivity index (χ3v) is 3.97. The number of ether oxygens (including phenoxy) is 1. The fraction of sp³-hybridized carbons (Fsp3) is 0.389. The van der Waals surface area contributed by atoms with Crippen LogP contribution < -0.4 is 16.0 Å². The Kier molecular flexibility index (Phi) is 7.16. The maximum absolute atomic E-state index is 12.5. The molecule has 0 spiro atoms. The summed E-state index contributed by atoms with van der Waals surface area (Å²) in [5.74, 6) is -0.278. The summed E-state index contributed by atoms with van der Waals surface area (Å²) < 4.78 is 5.58. The molecule has 1 heterocycles. The monoisotopic (exact) mass is 360 g/mol. The van der Waals surface area contributed by atoms with E-state index >= 15 is 0 Å². The predicted octanol–water partition coefficient (Wildman–Crippen LogP) is 0.510. The average Bonchev–Trinajstić information content (AvgIpc) is 2.67. The van der Waals surface area contributed by atoms with Gasteiger partial charge in [0.05, 0.1) is 19.1 Å². The van der Waals surface area contributed by atoms with E-state index in [1.165, 1.54) is 6.08 Å². The van der Waals surface area contributed by atoms with Crippen LogP contribution in [-0.4, -0.2) is 62.1 Å². The Labute approximate surface area is 152 Å². The molecule has 0 saturated carbocycles. The number of anilines is 1. The summed E-state index contributed by atoms with van der Waals surface area (Å²) in [4.78, 5) is 36.7. The van der Waals surface area contributed by atoms with E-state index in [2.05, 4.69) is 22.5 Å². The van der Waals surface area contributed by atoms with Crippen molar-refractivity contribution in [2.45, 2.75) is 12.5 Å². The third kappa shape index (κ3) is 5.89. The first kappa shape index (κ1) is 19.5. The molecule has 1 aliphatic heterocycles. The number of nitrogens with zero attached hydrogens (tertiary/aromatic N) is 1. The van der Waals surface area contributed by atoms with E-state index in [1.54, 1.807) is 24.1 Å². The van der Waals surface area contributed by atoms with E-state index in [-0.39, 0.29) is 30.4 Å². The molecule has 1 aromatic carbocycles. The van der Waals surface area contributed by atoms with Crippen molar-refractivity contribution in [3.63, 3.8) is 0 Å². The molecule has 2 rings (SSSR count). The van der Waals surface area contributed by atoms with Crippen LogP contribution in [0.25, 0.3) is 0 Å². The quantitative estimate of drug-likeness (QED) is 0.644. The molecule has 0 aliphatic carbocycles. The first-order valence-electron chi connectivity index (χ1n) is 8.39. The number of benzene rings is 1. The number of morpholine rings is 1. The van der Waals surface area contributed by atoms with Gasteiger partial charge in [-0.25, -0.2) is 4.79 Å². The molecule has 1 aromatic rings. The highest BCUT2D eigenvalue weighted by Gasteiger charge is 2.24. The van der Waals surface area contributed by atoms with E-state index in [0.717, 1.165) is 5.56 Å². The van der Waals surface area contributed by atoms with Gasteiger partial charge in [0.25, 0.3) is 0 Å². The van der Waals surface area contributed by atoms with Crippen LogP contribution in [0.2, 0.25) is 0 Å². The summed E-state index contributed by atoms with van der Waals surface area (Å²) in [6.45, 7) is 5.16. The summed E-state index contributed by atoms with van der Waals surface area (Å²) in [6.07, 6.45) is 1.25. The van der Waals surface area contributed by atoms with Gasteiger partial charge in [-0.2, -0.15) is 0 Å². The van der Waals surface area contributed by atoms with Crippen molar-refractivity contribution in [1.29, 1.82) is 0 Å². The Balaban J connectivity index is 1.85. The van der Waals surface area contributed by atoms with Crippen LogP contribution in [0.3, 0.4) is 0 Å². The second-order valence-corrected chi connectivity index (χ2v) is 5.86. The molecule has 0 aromatic heterocycles. The first-order valence-corrected chi connectivity index (χ1v) is 8.39. The number of urea groups is 1. The van der Waals surface area contributed by atoms with E-state index < -0.39 is 0 Å². The Morgan fingerprint density at radius 1 is 1.31 bits per heavy atom. The lowest BCUT2D eigenvalue weighted by molar-refractivity contribution is -0.137. The minimum atomic E-state index is -0.279. The fourth-order valence-corrected chi connectivity index (χ4v) is 2.55. The van der Waals surface area contributed by atoms with Crippen molar-refractivity contribution in [1.82, 2.24) is 15.5 Å². The van der Waals surface area contributed by atoms with Crippen LogP contribution in [0.1, 0.15) is 5.56 Å². The smallest absolute Gasteiger partial charge is 0.314 e.